The van der Waals surface area contributed by atoms with Gasteiger partial charge >= 0.3 is 0 Å². The van der Waals surface area contributed by atoms with Crippen molar-refractivity contribution in [1.82, 2.24) is 20.4 Å². The molecule has 0 fully saturated rings. The highest BCUT2D eigenvalue weighted by atomic mass is 32.1. The number of likely N-dealkylation sites (N-methyl/N-ethyl adjacent to an activating group) is 1. The van der Waals surface area contributed by atoms with Gasteiger partial charge in [-0.15, -0.1) is 11.3 Å². The van der Waals surface area contributed by atoms with E-state index < -0.39 is 0 Å². The summed E-state index contributed by atoms with van der Waals surface area (Å²) in [6.07, 6.45) is 0. The zero-order valence-electron chi connectivity index (χ0n) is 14.9. The minimum Gasteiger partial charge on any atom is -0.492 e. The van der Waals surface area contributed by atoms with E-state index in [1.54, 1.807) is 17.4 Å². The van der Waals surface area contributed by atoms with Crippen LogP contribution in [-0.4, -0.2) is 48.3 Å². The molecule has 6 nitrogen and oxygen atoms in total. The minimum atomic E-state index is -0.199. The van der Waals surface area contributed by atoms with E-state index in [2.05, 4.69) is 20.4 Å². The van der Waals surface area contributed by atoms with E-state index in [-0.39, 0.29) is 5.91 Å². The number of benzene rings is 1. The van der Waals surface area contributed by atoms with Crippen LogP contribution in [0.25, 0.3) is 10.6 Å². The number of H-pyrrole nitrogens is 1. The van der Waals surface area contributed by atoms with Gasteiger partial charge in [0.05, 0.1) is 10.6 Å². The topological polar surface area (TPSA) is 70.2 Å². The third-order valence-corrected chi connectivity index (χ3v) is 4.68. The molecule has 2 heterocycles. The third kappa shape index (κ3) is 4.93. The van der Waals surface area contributed by atoms with Crippen molar-refractivity contribution >= 4 is 17.2 Å². The largest absolute Gasteiger partial charge is 0.492 e. The predicted octanol–water partition coefficient (Wildman–Crippen LogP) is 3.01. The molecule has 1 aromatic carbocycles. The van der Waals surface area contributed by atoms with Crippen molar-refractivity contribution in [1.29, 1.82) is 0 Å². The molecule has 1 amide bonds. The maximum absolute atomic E-state index is 12.3. The molecule has 0 unspecified atom stereocenters. The van der Waals surface area contributed by atoms with Gasteiger partial charge in [0.1, 0.15) is 12.4 Å². The fraction of sp³-hybridized carbons (Fsp3) is 0.263. The molecular weight excluding hydrogens is 348 g/mol. The first kappa shape index (κ1) is 18.2. The number of thiophene rings is 1. The number of hydrogen-bond donors (Lipinski definition) is 2. The van der Waals surface area contributed by atoms with E-state index in [9.17, 15) is 4.79 Å². The van der Waals surface area contributed by atoms with E-state index in [1.807, 2.05) is 55.9 Å². The maximum Gasteiger partial charge on any atom is 0.272 e. The number of carbonyl (C=O) groups excluding carboxylic acids is 1. The Morgan fingerprint density at radius 3 is 2.77 bits per heavy atom. The molecule has 3 rings (SSSR count). The molecule has 0 radical (unpaired) electrons. The van der Waals surface area contributed by atoms with E-state index in [0.717, 1.165) is 28.4 Å². The van der Waals surface area contributed by atoms with E-state index in [1.165, 1.54) is 0 Å². The van der Waals surface area contributed by atoms with Crippen molar-refractivity contribution in [3.8, 4) is 16.3 Å². The molecule has 0 aliphatic heterocycles. The van der Waals surface area contributed by atoms with Crippen LogP contribution in [0.2, 0.25) is 0 Å². The fourth-order valence-corrected chi connectivity index (χ4v) is 3.01. The summed E-state index contributed by atoms with van der Waals surface area (Å²) >= 11 is 1.60. The highest BCUT2D eigenvalue weighted by Crippen LogP contribution is 2.22. The summed E-state index contributed by atoms with van der Waals surface area (Å²) in [4.78, 5) is 15.4. The van der Waals surface area contributed by atoms with Crippen molar-refractivity contribution in [2.45, 2.75) is 6.54 Å². The molecule has 0 atom stereocenters. The van der Waals surface area contributed by atoms with E-state index >= 15 is 0 Å². The molecule has 0 bridgehead atoms. The average Bonchev–Trinajstić information content (AvgIpc) is 3.31. The molecule has 3 aromatic rings. The van der Waals surface area contributed by atoms with E-state index in [4.69, 9.17) is 4.74 Å². The molecule has 0 saturated carbocycles. The van der Waals surface area contributed by atoms with Gasteiger partial charge in [-0.25, -0.2) is 0 Å². The fourth-order valence-electron chi connectivity index (χ4n) is 2.32. The Hall–Kier alpha value is -2.64. The number of nitrogens with one attached hydrogen (secondary N) is 2. The summed E-state index contributed by atoms with van der Waals surface area (Å²) in [6, 6.07) is 13.5. The summed E-state index contributed by atoms with van der Waals surface area (Å²) < 4.78 is 5.66. The Balaban J connectivity index is 1.50. The lowest BCUT2D eigenvalue weighted by molar-refractivity contribution is 0.0946. The van der Waals surface area contributed by atoms with Gasteiger partial charge in [0.15, 0.2) is 5.69 Å². The standard InChI is InChI=1S/C19H22N4O2S/c1-23(2)9-10-25-15-7-5-14(6-8-15)13-20-19(24)17-12-16(21-22-17)18-4-3-11-26-18/h3-8,11-12H,9-10,13H2,1-2H3,(H,20,24)(H,21,22). The van der Waals surface area contributed by atoms with Crippen molar-refractivity contribution in [3.05, 3.63) is 59.1 Å². The van der Waals surface area contributed by atoms with E-state index in [0.29, 0.717) is 18.8 Å². The van der Waals surface area contributed by atoms with Crippen LogP contribution in [0.4, 0.5) is 0 Å². The van der Waals surface area contributed by atoms with Gasteiger partial charge in [-0.1, -0.05) is 18.2 Å². The van der Waals surface area contributed by atoms with Crippen LogP contribution in [-0.2, 0) is 6.54 Å². The Labute approximate surface area is 156 Å². The average molecular weight is 370 g/mol. The van der Waals surface area contributed by atoms with Gasteiger partial charge in [-0.3, -0.25) is 9.89 Å². The number of nitrogens with zero attached hydrogens (tertiary/aromatic N) is 2. The molecule has 26 heavy (non-hydrogen) atoms. The van der Waals surface area contributed by atoms with Gasteiger partial charge < -0.3 is 15.0 Å². The second-order valence-corrected chi connectivity index (χ2v) is 7.07. The molecule has 0 aliphatic carbocycles. The lowest BCUT2D eigenvalue weighted by Gasteiger charge is -2.11. The van der Waals surface area contributed by atoms with Gasteiger partial charge in [0.2, 0.25) is 0 Å². The highest BCUT2D eigenvalue weighted by molar-refractivity contribution is 7.13. The van der Waals surface area contributed by atoms with Gasteiger partial charge in [0, 0.05) is 13.1 Å². The van der Waals surface area contributed by atoms with Crippen molar-refractivity contribution in [2.75, 3.05) is 27.2 Å². The molecule has 0 aliphatic rings. The maximum atomic E-state index is 12.3. The first-order valence-corrected chi connectivity index (χ1v) is 9.24. The highest BCUT2D eigenvalue weighted by Gasteiger charge is 2.11. The number of hydrogen-bond acceptors (Lipinski definition) is 5. The summed E-state index contributed by atoms with van der Waals surface area (Å²) in [5, 5.41) is 11.9. The zero-order valence-corrected chi connectivity index (χ0v) is 15.7. The minimum absolute atomic E-state index is 0.199. The van der Waals surface area contributed by atoms with Crippen LogP contribution < -0.4 is 10.1 Å². The van der Waals surface area contributed by atoms with Crippen LogP contribution in [0.15, 0.2) is 47.8 Å². The van der Waals surface area contributed by atoms with Gasteiger partial charge in [-0.05, 0) is 49.3 Å². The monoisotopic (exact) mass is 370 g/mol. The summed E-state index contributed by atoms with van der Waals surface area (Å²) in [5.74, 6) is 0.630. The summed E-state index contributed by atoms with van der Waals surface area (Å²) in [5.41, 5.74) is 2.24. The first-order valence-electron chi connectivity index (χ1n) is 8.36. The Kier molecular flexibility index (Phi) is 6.04. The number of aromatic amines is 1. The molecule has 2 aromatic heterocycles. The molecule has 0 spiro atoms. The smallest absolute Gasteiger partial charge is 0.272 e. The molecule has 0 saturated heterocycles. The Bertz CT molecular complexity index is 826. The van der Waals surface area contributed by atoms with Crippen LogP contribution in [0.5, 0.6) is 5.75 Å². The van der Waals surface area contributed by atoms with Crippen molar-refractivity contribution in [3.63, 3.8) is 0 Å². The molecular formula is C19H22N4O2S. The van der Waals surface area contributed by atoms with Gasteiger partial charge in [0.25, 0.3) is 5.91 Å². The lowest BCUT2D eigenvalue weighted by atomic mass is 10.2. The second-order valence-electron chi connectivity index (χ2n) is 6.12. The number of rotatable bonds is 8. The van der Waals surface area contributed by atoms with Crippen molar-refractivity contribution < 1.29 is 9.53 Å². The summed E-state index contributed by atoms with van der Waals surface area (Å²) in [7, 11) is 4.02. The Morgan fingerprint density at radius 1 is 1.27 bits per heavy atom. The quantitative estimate of drug-likeness (QED) is 0.639. The number of amides is 1. The van der Waals surface area contributed by atoms with Crippen molar-refractivity contribution in [2.24, 2.45) is 0 Å². The van der Waals surface area contributed by atoms with Crippen LogP contribution >= 0.6 is 11.3 Å². The Morgan fingerprint density at radius 2 is 2.08 bits per heavy atom. The molecule has 7 heteroatoms. The predicted molar refractivity (Wildman–Crippen MR) is 104 cm³/mol. The molecule has 2 N–H and O–H groups in total. The summed E-state index contributed by atoms with van der Waals surface area (Å²) in [6.45, 7) is 1.96. The van der Waals surface area contributed by atoms with Crippen LogP contribution in [0, 0.1) is 0 Å². The normalized spacial score (nSPS) is 10.9. The SMILES string of the molecule is CN(C)CCOc1ccc(CNC(=O)c2cc(-c3cccs3)[nH]n2)cc1. The van der Waals surface area contributed by atoms with Crippen LogP contribution in [0.3, 0.4) is 0 Å². The number of carbonyl (C=O) groups is 1. The third-order valence-electron chi connectivity index (χ3n) is 3.78. The number of aromatic nitrogens is 2. The zero-order chi connectivity index (χ0) is 18.4. The first-order chi connectivity index (χ1) is 12.6. The molecule has 136 valence electrons. The second kappa shape index (κ2) is 8.64. The number of ether oxygens (including phenoxy) is 1. The lowest BCUT2D eigenvalue weighted by Crippen LogP contribution is -2.23. The van der Waals surface area contributed by atoms with Gasteiger partial charge in [-0.2, -0.15) is 5.10 Å². The van der Waals surface area contributed by atoms with Crippen LogP contribution in [0.1, 0.15) is 16.1 Å².